The lowest BCUT2D eigenvalue weighted by atomic mass is 10.3. The van der Waals surface area contributed by atoms with E-state index in [0.29, 0.717) is 11.6 Å². The highest BCUT2D eigenvalue weighted by Crippen LogP contribution is 2.14. The number of benzene rings is 1. The molecule has 0 bridgehead atoms. The first-order chi connectivity index (χ1) is 12.5. The number of fused-ring (bicyclic) bond motifs is 1. The van der Waals surface area contributed by atoms with Crippen molar-refractivity contribution in [2.75, 3.05) is 38.1 Å². The molecular weight excluding hydrogens is 332 g/mol. The number of H-pyrrole nitrogens is 1. The maximum Gasteiger partial charge on any atom is 0.329 e. The minimum atomic E-state index is -0.197. The number of rotatable bonds is 3. The third kappa shape index (κ3) is 2.92. The summed E-state index contributed by atoms with van der Waals surface area (Å²) in [5.41, 5.74) is 1.97. The van der Waals surface area contributed by atoms with E-state index in [1.54, 1.807) is 16.2 Å². The van der Waals surface area contributed by atoms with Gasteiger partial charge >= 0.3 is 5.69 Å². The van der Waals surface area contributed by atoms with Crippen LogP contribution in [0.1, 0.15) is 5.69 Å². The molecule has 1 aromatic carbocycles. The molecule has 4 rings (SSSR count). The zero-order chi connectivity index (χ0) is 18.3. The number of aromatic nitrogens is 4. The van der Waals surface area contributed by atoms with Gasteiger partial charge in [-0.1, -0.05) is 12.1 Å². The van der Waals surface area contributed by atoms with Gasteiger partial charge in [-0.2, -0.15) is 0 Å². The molecule has 0 spiro atoms. The molecule has 1 aliphatic rings. The van der Waals surface area contributed by atoms with Crippen LogP contribution in [-0.2, 0) is 13.6 Å². The predicted molar refractivity (Wildman–Crippen MR) is 101 cm³/mol. The lowest BCUT2D eigenvalue weighted by Crippen LogP contribution is -2.45. The van der Waals surface area contributed by atoms with Crippen molar-refractivity contribution in [3.63, 3.8) is 0 Å². The van der Waals surface area contributed by atoms with Crippen LogP contribution in [0.4, 0.5) is 5.95 Å². The summed E-state index contributed by atoms with van der Waals surface area (Å²) in [7, 11) is 3.83. The second kappa shape index (κ2) is 6.45. The van der Waals surface area contributed by atoms with Crippen molar-refractivity contribution < 1.29 is 0 Å². The van der Waals surface area contributed by atoms with E-state index in [2.05, 4.69) is 26.8 Å². The van der Waals surface area contributed by atoms with Gasteiger partial charge in [-0.15, -0.1) is 0 Å². The van der Waals surface area contributed by atoms with Crippen LogP contribution in [0.5, 0.6) is 0 Å². The summed E-state index contributed by atoms with van der Waals surface area (Å²) in [5.74, 6) is 0.578. The number of hydrogen-bond acceptors (Lipinski definition) is 5. The van der Waals surface area contributed by atoms with Crippen LogP contribution in [0, 0.1) is 0 Å². The number of likely N-dealkylation sites (N-methyl/N-ethyl adjacent to an activating group) is 1. The summed E-state index contributed by atoms with van der Waals surface area (Å²) >= 11 is 0. The zero-order valence-corrected chi connectivity index (χ0v) is 15.0. The van der Waals surface area contributed by atoms with Crippen LogP contribution < -0.4 is 16.1 Å². The Kier molecular flexibility index (Phi) is 4.12. The number of piperazine rings is 1. The summed E-state index contributed by atoms with van der Waals surface area (Å²) in [4.78, 5) is 36.5. The fourth-order valence-electron chi connectivity index (χ4n) is 3.42. The standard InChI is InChI=1S/C18H22N6O2/c1-21-7-9-23(10-8-21)17-19-13(11-16(25)20-17)12-24-15-6-4-3-5-14(15)22(2)18(24)26/h3-6,11H,7-10,12H2,1-2H3,(H,19,20,25). The van der Waals surface area contributed by atoms with Gasteiger partial charge in [-0.25, -0.2) is 9.78 Å². The third-order valence-corrected chi connectivity index (χ3v) is 4.96. The molecule has 8 heteroatoms. The number of aryl methyl sites for hydroxylation is 1. The van der Waals surface area contributed by atoms with E-state index < -0.39 is 0 Å². The van der Waals surface area contributed by atoms with E-state index >= 15 is 0 Å². The molecule has 0 radical (unpaired) electrons. The highest BCUT2D eigenvalue weighted by Gasteiger charge is 2.17. The summed E-state index contributed by atoms with van der Waals surface area (Å²) in [6.07, 6.45) is 0. The molecule has 1 saturated heterocycles. The maximum absolute atomic E-state index is 12.6. The number of nitrogens with zero attached hydrogens (tertiary/aromatic N) is 5. The number of imidazole rings is 1. The molecular formula is C18H22N6O2. The molecule has 3 heterocycles. The van der Waals surface area contributed by atoms with E-state index in [-0.39, 0.29) is 17.8 Å². The number of anilines is 1. The fraction of sp³-hybridized carbons (Fsp3) is 0.389. The monoisotopic (exact) mass is 354 g/mol. The van der Waals surface area contributed by atoms with E-state index in [0.717, 1.165) is 37.2 Å². The van der Waals surface area contributed by atoms with Crippen molar-refractivity contribution in [3.8, 4) is 0 Å². The van der Waals surface area contributed by atoms with Crippen molar-refractivity contribution in [2.45, 2.75) is 6.54 Å². The van der Waals surface area contributed by atoms with Crippen molar-refractivity contribution in [3.05, 3.63) is 56.9 Å². The first kappa shape index (κ1) is 16.6. The van der Waals surface area contributed by atoms with Crippen LogP contribution in [0.3, 0.4) is 0 Å². The topological polar surface area (TPSA) is 79.2 Å². The highest BCUT2D eigenvalue weighted by molar-refractivity contribution is 5.75. The quantitative estimate of drug-likeness (QED) is 0.728. The Hall–Kier alpha value is -2.87. The summed E-state index contributed by atoms with van der Waals surface area (Å²) < 4.78 is 3.27. The van der Waals surface area contributed by atoms with E-state index in [1.807, 2.05) is 24.3 Å². The molecule has 1 N–H and O–H groups in total. The predicted octanol–water partition coefficient (Wildman–Crippen LogP) is 0.223. The minimum absolute atomic E-state index is 0.116. The Bertz CT molecular complexity index is 1060. The molecule has 3 aromatic rings. The van der Waals surface area contributed by atoms with E-state index in [4.69, 9.17) is 0 Å². The number of hydrogen-bond donors (Lipinski definition) is 1. The van der Waals surface area contributed by atoms with Crippen LogP contribution in [0.25, 0.3) is 11.0 Å². The average molecular weight is 354 g/mol. The van der Waals surface area contributed by atoms with Crippen molar-refractivity contribution >= 4 is 17.0 Å². The second-order valence-electron chi connectivity index (χ2n) is 6.77. The maximum atomic E-state index is 12.6. The SMILES string of the molecule is CN1CCN(c2nc(Cn3c(=O)n(C)c4ccccc43)cc(=O)[nH]2)CC1. The van der Waals surface area contributed by atoms with Gasteiger partial charge < -0.3 is 9.80 Å². The van der Waals surface area contributed by atoms with Crippen molar-refractivity contribution in [1.82, 2.24) is 24.0 Å². The van der Waals surface area contributed by atoms with Gasteiger partial charge in [0.2, 0.25) is 5.95 Å². The van der Waals surface area contributed by atoms with Crippen LogP contribution in [0.15, 0.2) is 39.9 Å². The highest BCUT2D eigenvalue weighted by atomic mass is 16.1. The molecule has 0 atom stereocenters. The minimum Gasteiger partial charge on any atom is -0.340 e. The Labute approximate surface area is 150 Å². The average Bonchev–Trinajstić information content (AvgIpc) is 2.87. The Balaban J connectivity index is 1.71. The first-order valence-electron chi connectivity index (χ1n) is 8.71. The normalized spacial score (nSPS) is 15.7. The Morgan fingerprint density at radius 2 is 1.73 bits per heavy atom. The second-order valence-corrected chi connectivity index (χ2v) is 6.77. The van der Waals surface area contributed by atoms with Gasteiger partial charge in [0.1, 0.15) is 0 Å². The molecule has 0 unspecified atom stereocenters. The number of para-hydroxylation sites is 2. The Morgan fingerprint density at radius 1 is 1.04 bits per heavy atom. The summed E-state index contributed by atoms with van der Waals surface area (Å²) in [6.45, 7) is 3.76. The van der Waals surface area contributed by atoms with Crippen LogP contribution >= 0.6 is 0 Å². The number of nitrogens with one attached hydrogen (secondary N) is 1. The van der Waals surface area contributed by atoms with Crippen LogP contribution in [0.2, 0.25) is 0 Å². The van der Waals surface area contributed by atoms with Gasteiger partial charge in [-0.05, 0) is 19.2 Å². The van der Waals surface area contributed by atoms with Gasteiger partial charge in [0.05, 0.1) is 23.3 Å². The molecule has 26 heavy (non-hydrogen) atoms. The molecule has 0 saturated carbocycles. The third-order valence-electron chi connectivity index (χ3n) is 4.96. The van der Waals surface area contributed by atoms with Crippen molar-refractivity contribution in [1.29, 1.82) is 0 Å². The molecule has 0 amide bonds. The molecule has 136 valence electrons. The zero-order valence-electron chi connectivity index (χ0n) is 15.0. The number of aromatic amines is 1. The molecule has 1 aliphatic heterocycles. The molecule has 0 aliphatic carbocycles. The van der Waals surface area contributed by atoms with Crippen molar-refractivity contribution in [2.24, 2.45) is 7.05 Å². The molecule has 2 aromatic heterocycles. The smallest absolute Gasteiger partial charge is 0.329 e. The van der Waals surface area contributed by atoms with Crippen LogP contribution in [-0.4, -0.2) is 57.2 Å². The first-order valence-corrected chi connectivity index (χ1v) is 8.71. The summed E-state index contributed by atoms with van der Waals surface area (Å²) in [5, 5.41) is 0. The molecule has 1 fully saturated rings. The Morgan fingerprint density at radius 3 is 2.46 bits per heavy atom. The fourth-order valence-corrected chi connectivity index (χ4v) is 3.42. The summed E-state index contributed by atoms with van der Waals surface area (Å²) in [6, 6.07) is 9.09. The lowest BCUT2D eigenvalue weighted by Gasteiger charge is -2.32. The molecule has 8 nitrogen and oxygen atoms in total. The lowest BCUT2D eigenvalue weighted by molar-refractivity contribution is 0.311. The van der Waals surface area contributed by atoms with Gasteiger partial charge in [0.15, 0.2) is 0 Å². The van der Waals surface area contributed by atoms with E-state index in [1.165, 1.54) is 6.07 Å². The largest absolute Gasteiger partial charge is 0.340 e. The van der Waals surface area contributed by atoms with Gasteiger partial charge in [0.25, 0.3) is 5.56 Å². The van der Waals surface area contributed by atoms with Gasteiger partial charge in [0, 0.05) is 39.3 Å². The van der Waals surface area contributed by atoms with Gasteiger partial charge in [-0.3, -0.25) is 18.9 Å². The van der Waals surface area contributed by atoms with E-state index in [9.17, 15) is 9.59 Å².